The average molecular weight is 258 g/mol. The molecule has 0 spiro atoms. The van der Waals surface area contributed by atoms with Crippen LogP contribution in [-0.4, -0.2) is 19.6 Å². The van der Waals surface area contributed by atoms with Crippen molar-refractivity contribution in [2.45, 2.75) is 13.0 Å². The van der Waals surface area contributed by atoms with Crippen LogP contribution in [0.15, 0.2) is 42.9 Å². The molecular formula is C13H11FN4O. The molecular weight excluding hydrogens is 247 g/mol. The predicted octanol–water partition coefficient (Wildman–Crippen LogP) is 2.40. The van der Waals surface area contributed by atoms with Crippen molar-refractivity contribution in [2.24, 2.45) is 0 Å². The number of rotatable bonds is 3. The summed E-state index contributed by atoms with van der Waals surface area (Å²) < 4.78 is 20.4. The van der Waals surface area contributed by atoms with Gasteiger partial charge in [-0.25, -0.2) is 9.37 Å². The fraction of sp³-hybridized carbons (Fsp3) is 0.154. The van der Waals surface area contributed by atoms with Crippen LogP contribution < -0.4 is 4.74 Å². The Morgan fingerprint density at radius 1 is 1.26 bits per heavy atom. The molecule has 19 heavy (non-hydrogen) atoms. The van der Waals surface area contributed by atoms with Crippen LogP contribution in [0.2, 0.25) is 0 Å². The Bertz CT molecular complexity index is 712. The van der Waals surface area contributed by atoms with Gasteiger partial charge in [0.05, 0.1) is 5.69 Å². The highest BCUT2D eigenvalue weighted by Gasteiger charge is 2.13. The highest BCUT2D eigenvalue weighted by atomic mass is 19.1. The van der Waals surface area contributed by atoms with Gasteiger partial charge in [0.25, 0.3) is 5.78 Å². The van der Waals surface area contributed by atoms with Gasteiger partial charge >= 0.3 is 0 Å². The number of fused-ring (bicyclic) bond motifs is 1. The maximum atomic E-state index is 13.1. The molecule has 6 heteroatoms. The first-order valence-electron chi connectivity index (χ1n) is 5.81. The lowest BCUT2D eigenvalue weighted by Crippen LogP contribution is -2.10. The second-order valence-corrected chi connectivity index (χ2v) is 4.06. The molecule has 3 aromatic rings. The first-order chi connectivity index (χ1) is 9.24. The van der Waals surface area contributed by atoms with E-state index in [0.717, 1.165) is 5.69 Å². The van der Waals surface area contributed by atoms with Gasteiger partial charge in [-0.05, 0) is 25.1 Å². The fourth-order valence-corrected chi connectivity index (χ4v) is 1.87. The van der Waals surface area contributed by atoms with E-state index in [1.54, 1.807) is 28.9 Å². The number of aromatic nitrogens is 4. The molecule has 0 aliphatic carbocycles. The Morgan fingerprint density at radius 2 is 2.16 bits per heavy atom. The highest BCUT2D eigenvalue weighted by molar-refractivity contribution is 5.28. The third-order valence-electron chi connectivity index (χ3n) is 2.74. The van der Waals surface area contributed by atoms with Gasteiger partial charge < -0.3 is 4.74 Å². The van der Waals surface area contributed by atoms with Gasteiger partial charge in [-0.15, -0.1) is 0 Å². The van der Waals surface area contributed by atoms with Crippen LogP contribution in [0.3, 0.4) is 0 Å². The van der Waals surface area contributed by atoms with E-state index >= 15 is 0 Å². The van der Waals surface area contributed by atoms with Gasteiger partial charge in [0.1, 0.15) is 24.0 Å². The molecule has 3 rings (SSSR count). The van der Waals surface area contributed by atoms with Crippen molar-refractivity contribution >= 4 is 5.78 Å². The fourth-order valence-electron chi connectivity index (χ4n) is 1.87. The van der Waals surface area contributed by atoms with E-state index in [9.17, 15) is 4.39 Å². The largest absolute Gasteiger partial charge is 0.484 e. The number of nitrogens with zero attached hydrogens (tertiary/aromatic N) is 4. The van der Waals surface area contributed by atoms with Crippen molar-refractivity contribution in [3.63, 3.8) is 0 Å². The van der Waals surface area contributed by atoms with Gasteiger partial charge in [0, 0.05) is 12.3 Å². The molecule has 96 valence electrons. The molecule has 2 aromatic heterocycles. The molecule has 0 unspecified atom stereocenters. The third kappa shape index (κ3) is 2.24. The van der Waals surface area contributed by atoms with Crippen molar-refractivity contribution < 1.29 is 9.13 Å². The second kappa shape index (κ2) is 4.64. The molecule has 0 aliphatic rings. The Hall–Kier alpha value is -2.50. The molecule has 0 saturated carbocycles. The first-order valence-corrected chi connectivity index (χ1v) is 5.81. The van der Waals surface area contributed by atoms with Crippen LogP contribution in [0.1, 0.15) is 18.7 Å². The van der Waals surface area contributed by atoms with E-state index < -0.39 is 0 Å². The Balaban J connectivity index is 1.91. The van der Waals surface area contributed by atoms with E-state index in [4.69, 9.17) is 4.74 Å². The van der Waals surface area contributed by atoms with E-state index in [-0.39, 0.29) is 11.9 Å². The minimum Gasteiger partial charge on any atom is -0.484 e. The van der Waals surface area contributed by atoms with Crippen molar-refractivity contribution in [3.05, 3.63) is 54.4 Å². The SMILES string of the molecule is C[C@H](Oc1cccc(F)c1)c1ccnc2ncnn12. The third-order valence-corrected chi connectivity index (χ3v) is 2.74. The summed E-state index contributed by atoms with van der Waals surface area (Å²) in [5.74, 6) is 0.648. The summed E-state index contributed by atoms with van der Waals surface area (Å²) in [7, 11) is 0. The Morgan fingerprint density at radius 3 is 3.00 bits per heavy atom. The minimum atomic E-state index is -0.328. The second-order valence-electron chi connectivity index (χ2n) is 4.06. The molecule has 0 radical (unpaired) electrons. The number of hydrogen-bond donors (Lipinski definition) is 0. The predicted molar refractivity (Wildman–Crippen MR) is 66.2 cm³/mol. The number of ether oxygens (including phenoxy) is 1. The maximum Gasteiger partial charge on any atom is 0.252 e. The van der Waals surface area contributed by atoms with E-state index in [1.807, 2.05) is 6.92 Å². The zero-order valence-corrected chi connectivity index (χ0v) is 10.2. The number of halogens is 1. The standard InChI is InChI=1S/C13H11FN4O/c1-9(19-11-4-2-3-10(14)7-11)12-5-6-15-13-16-8-17-18(12)13/h2-9H,1H3/t9-/m0/s1. The van der Waals surface area contributed by atoms with E-state index in [0.29, 0.717) is 11.5 Å². The molecule has 0 amide bonds. The van der Waals surface area contributed by atoms with Gasteiger partial charge in [-0.1, -0.05) is 6.07 Å². The monoisotopic (exact) mass is 258 g/mol. The van der Waals surface area contributed by atoms with Crippen molar-refractivity contribution in [1.29, 1.82) is 0 Å². The average Bonchev–Trinajstić information content (AvgIpc) is 2.86. The summed E-state index contributed by atoms with van der Waals surface area (Å²) in [6.45, 7) is 1.86. The van der Waals surface area contributed by atoms with Crippen molar-refractivity contribution in [2.75, 3.05) is 0 Å². The Labute approximate surface area is 108 Å². The summed E-state index contributed by atoms with van der Waals surface area (Å²) in [4.78, 5) is 8.09. The smallest absolute Gasteiger partial charge is 0.252 e. The lowest BCUT2D eigenvalue weighted by molar-refractivity contribution is 0.218. The van der Waals surface area contributed by atoms with Crippen LogP contribution in [0.5, 0.6) is 5.75 Å². The van der Waals surface area contributed by atoms with Crippen LogP contribution in [0, 0.1) is 5.82 Å². The van der Waals surface area contributed by atoms with Crippen molar-refractivity contribution in [3.8, 4) is 5.75 Å². The van der Waals surface area contributed by atoms with Crippen LogP contribution in [-0.2, 0) is 0 Å². The zero-order valence-electron chi connectivity index (χ0n) is 10.2. The maximum absolute atomic E-state index is 13.1. The van der Waals surface area contributed by atoms with E-state index in [1.165, 1.54) is 18.5 Å². The van der Waals surface area contributed by atoms with Gasteiger partial charge in [0.15, 0.2) is 0 Å². The minimum absolute atomic E-state index is 0.297. The van der Waals surface area contributed by atoms with E-state index in [2.05, 4.69) is 15.1 Å². The van der Waals surface area contributed by atoms with Crippen LogP contribution >= 0.6 is 0 Å². The Kier molecular flexibility index (Phi) is 2.83. The number of benzene rings is 1. The van der Waals surface area contributed by atoms with Gasteiger partial charge in [0.2, 0.25) is 0 Å². The lowest BCUT2D eigenvalue weighted by Gasteiger charge is -2.15. The molecule has 2 heterocycles. The molecule has 0 bridgehead atoms. The molecule has 1 aromatic carbocycles. The lowest BCUT2D eigenvalue weighted by atomic mass is 10.2. The highest BCUT2D eigenvalue weighted by Crippen LogP contribution is 2.21. The number of hydrogen-bond acceptors (Lipinski definition) is 4. The molecule has 0 saturated heterocycles. The topological polar surface area (TPSA) is 52.3 Å². The molecule has 0 aliphatic heterocycles. The van der Waals surface area contributed by atoms with Crippen LogP contribution in [0.25, 0.3) is 5.78 Å². The summed E-state index contributed by atoms with van der Waals surface area (Å²) >= 11 is 0. The summed E-state index contributed by atoms with van der Waals surface area (Å²) in [5, 5.41) is 4.09. The summed E-state index contributed by atoms with van der Waals surface area (Å²) in [5.41, 5.74) is 0.798. The van der Waals surface area contributed by atoms with Crippen molar-refractivity contribution in [1.82, 2.24) is 19.6 Å². The van der Waals surface area contributed by atoms with Crippen LogP contribution in [0.4, 0.5) is 4.39 Å². The summed E-state index contributed by atoms with van der Waals surface area (Å²) in [6.07, 6.45) is 2.78. The van der Waals surface area contributed by atoms with Gasteiger partial charge in [-0.3, -0.25) is 0 Å². The summed E-state index contributed by atoms with van der Waals surface area (Å²) in [6, 6.07) is 7.83. The molecule has 5 nitrogen and oxygen atoms in total. The molecule has 0 fully saturated rings. The first kappa shape index (κ1) is 11.6. The molecule has 0 N–H and O–H groups in total. The van der Waals surface area contributed by atoms with Gasteiger partial charge in [-0.2, -0.15) is 14.6 Å². The zero-order chi connectivity index (χ0) is 13.2. The normalized spacial score (nSPS) is 12.5. The molecule has 1 atom stereocenters. The quantitative estimate of drug-likeness (QED) is 0.724.